The Balaban J connectivity index is 2.38. The zero-order chi connectivity index (χ0) is 12.0. The van der Waals surface area contributed by atoms with E-state index in [1.54, 1.807) is 19.1 Å². The molecular formula is C11H22N2O3. The Hall–Kier alpha value is -0.650. The molecule has 0 aromatic rings. The van der Waals surface area contributed by atoms with Crippen molar-refractivity contribution in [3.05, 3.63) is 0 Å². The molecule has 1 saturated heterocycles. The summed E-state index contributed by atoms with van der Waals surface area (Å²) in [6, 6.07) is -0.397. The van der Waals surface area contributed by atoms with Crippen LogP contribution in [0.3, 0.4) is 0 Å². The maximum absolute atomic E-state index is 12.0. The largest absolute Gasteiger partial charge is 0.383 e. The van der Waals surface area contributed by atoms with Gasteiger partial charge in [0.05, 0.1) is 12.6 Å². The molecule has 0 radical (unpaired) electrons. The van der Waals surface area contributed by atoms with Gasteiger partial charge in [-0.15, -0.1) is 0 Å². The molecule has 1 aliphatic rings. The molecular weight excluding hydrogens is 208 g/mol. The molecule has 1 fully saturated rings. The molecule has 0 bridgehead atoms. The number of likely N-dealkylation sites (N-methyl/N-ethyl adjacent to an activating group) is 1. The van der Waals surface area contributed by atoms with Gasteiger partial charge in [-0.1, -0.05) is 0 Å². The average Bonchev–Trinajstić information content (AvgIpc) is 2.35. The van der Waals surface area contributed by atoms with Gasteiger partial charge in [-0.2, -0.15) is 0 Å². The summed E-state index contributed by atoms with van der Waals surface area (Å²) in [7, 11) is 3.39. The van der Waals surface area contributed by atoms with Gasteiger partial charge in [0.2, 0.25) is 5.91 Å². The van der Waals surface area contributed by atoms with Crippen LogP contribution in [0.5, 0.6) is 0 Å². The van der Waals surface area contributed by atoms with Crippen LogP contribution in [0.15, 0.2) is 0 Å². The zero-order valence-corrected chi connectivity index (χ0v) is 10.1. The summed E-state index contributed by atoms with van der Waals surface area (Å²) in [6.45, 7) is 2.57. The van der Waals surface area contributed by atoms with Crippen LogP contribution in [0, 0.1) is 5.92 Å². The van der Waals surface area contributed by atoms with Crippen LogP contribution in [0.25, 0.3) is 0 Å². The van der Waals surface area contributed by atoms with Crippen molar-refractivity contribution in [1.29, 1.82) is 0 Å². The van der Waals surface area contributed by atoms with Crippen molar-refractivity contribution in [3.8, 4) is 0 Å². The maximum atomic E-state index is 12.0. The number of ether oxygens (including phenoxy) is 2. The number of carbonyl (C=O) groups is 1. The van der Waals surface area contributed by atoms with E-state index in [2.05, 4.69) is 0 Å². The molecule has 0 aliphatic carbocycles. The molecule has 0 spiro atoms. The summed E-state index contributed by atoms with van der Waals surface area (Å²) in [6.07, 6.45) is 1.76. The minimum Gasteiger partial charge on any atom is -0.383 e. The van der Waals surface area contributed by atoms with E-state index in [1.165, 1.54) is 0 Å². The molecule has 1 unspecified atom stereocenters. The van der Waals surface area contributed by atoms with Crippen molar-refractivity contribution in [2.45, 2.75) is 18.9 Å². The Morgan fingerprint density at radius 2 is 2.19 bits per heavy atom. The molecule has 5 nitrogen and oxygen atoms in total. The number of carbonyl (C=O) groups excluding carboxylic acids is 1. The van der Waals surface area contributed by atoms with Gasteiger partial charge in [-0.25, -0.2) is 0 Å². The second-order valence-electron chi connectivity index (χ2n) is 4.23. The fraction of sp³-hybridized carbons (Fsp3) is 0.909. The SMILES string of the molecule is COCCN(C)C(=O)C(N)C1CCOCC1. The second-order valence-corrected chi connectivity index (χ2v) is 4.23. The Labute approximate surface area is 96.9 Å². The van der Waals surface area contributed by atoms with E-state index in [0.29, 0.717) is 26.4 Å². The minimum absolute atomic E-state index is 0.00366. The van der Waals surface area contributed by atoms with Crippen LogP contribution in [0.2, 0.25) is 0 Å². The Morgan fingerprint density at radius 3 is 2.75 bits per heavy atom. The first-order valence-electron chi connectivity index (χ1n) is 5.74. The number of nitrogens with two attached hydrogens (primary N) is 1. The first-order valence-corrected chi connectivity index (χ1v) is 5.74. The summed E-state index contributed by atoms with van der Waals surface area (Å²) >= 11 is 0. The van der Waals surface area contributed by atoms with Gasteiger partial charge in [0.1, 0.15) is 0 Å². The van der Waals surface area contributed by atoms with Crippen molar-refractivity contribution in [2.75, 3.05) is 40.5 Å². The van der Waals surface area contributed by atoms with Crippen LogP contribution in [-0.4, -0.2) is 57.4 Å². The van der Waals surface area contributed by atoms with Crippen LogP contribution in [0.1, 0.15) is 12.8 Å². The van der Waals surface area contributed by atoms with E-state index >= 15 is 0 Å². The van der Waals surface area contributed by atoms with Crippen molar-refractivity contribution in [1.82, 2.24) is 4.90 Å². The summed E-state index contributed by atoms with van der Waals surface area (Å²) in [5.41, 5.74) is 5.98. The van der Waals surface area contributed by atoms with Gasteiger partial charge in [0.25, 0.3) is 0 Å². The lowest BCUT2D eigenvalue weighted by Crippen LogP contribution is -2.48. The third-order valence-electron chi connectivity index (χ3n) is 3.07. The Kier molecular flexibility index (Phi) is 5.73. The van der Waals surface area contributed by atoms with Gasteiger partial charge in [-0.3, -0.25) is 4.79 Å². The van der Waals surface area contributed by atoms with Crippen LogP contribution >= 0.6 is 0 Å². The molecule has 0 aromatic carbocycles. The predicted octanol–water partition coefficient (Wildman–Crippen LogP) is -0.155. The number of hydrogen-bond acceptors (Lipinski definition) is 4. The topological polar surface area (TPSA) is 64.8 Å². The Morgan fingerprint density at radius 1 is 1.56 bits per heavy atom. The lowest BCUT2D eigenvalue weighted by molar-refractivity contribution is -0.133. The van der Waals surface area contributed by atoms with Gasteiger partial charge in [0, 0.05) is 33.9 Å². The van der Waals surface area contributed by atoms with E-state index in [-0.39, 0.29) is 11.8 Å². The van der Waals surface area contributed by atoms with Crippen molar-refractivity contribution in [2.24, 2.45) is 11.7 Å². The number of methoxy groups -OCH3 is 1. The molecule has 5 heteroatoms. The number of nitrogens with zero attached hydrogens (tertiary/aromatic N) is 1. The minimum atomic E-state index is -0.397. The molecule has 94 valence electrons. The predicted molar refractivity (Wildman–Crippen MR) is 61.0 cm³/mol. The summed E-state index contributed by atoms with van der Waals surface area (Å²) in [4.78, 5) is 13.6. The van der Waals surface area contributed by atoms with Crippen LogP contribution in [-0.2, 0) is 14.3 Å². The number of hydrogen-bond donors (Lipinski definition) is 1. The van der Waals surface area contributed by atoms with Crippen LogP contribution < -0.4 is 5.73 Å². The first-order chi connectivity index (χ1) is 7.66. The highest BCUT2D eigenvalue weighted by molar-refractivity contribution is 5.81. The molecule has 0 aromatic heterocycles. The van der Waals surface area contributed by atoms with Gasteiger partial charge >= 0.3 is 0 Å². The standard InChI is InChI=1S/C11H22N2O3/c1-13(5-8-15-2)11(14)10(12)9-3-6-16-7-4-9/h9-10H,3-8,12H2,1-2H3. The van der Waals surface area contributed by atoms with E-state index in [0.717, 1.165) is 12.8 Å². The molecule has 0 saturated carbocycles. The number of amides is 1. The third-order valence-corrected chi connectivity index (χ3v) is 3.07. The van der Waals surface area contributed by atoms with Crippen molar-refractivity contribution in [3.63, 3.8) is 0 Å². The highest BCUT2D eigenvalue weighted by Gasteiger charge is 2.28. The highest BCUT2D eigenvalue weighted by Crippen LogP contribution is 2.18. The Bertz CT molecular complexity index is 217. The monoisotopic (exact) mass is 230 g/mol. The fourth-order valence-electron chi connectivity index (χ4n) is 1.87. The molecule has 1 rings (SSSR count). The smallest absolute Gasteiger partial charge is 0.239 e. The quantitative estimate of drug-likeness (QED) is 0.713. The summed E-state index contributed by atoms with van der Waals surface area (Å²) in [5.74, 6) is 0.259. The lowest BCUT2D eigenvalue weighted by atomic mass is 9.91. The molecule has 1 aliphatic heterocycles. The molecule has 1 atom stereocenters. The van der Waals surface area contributed by atoms with E-state index in [4.69, 9.17) is 15.2 Å². The number of rotatable bonds is 5. The summed E-state index contributed by atoms with van der Waals surface area (Å²) < 4.78 is 10.2. The molecule has 16 heavy (non-hydrogen) atoms. The molecule has 1 heterocycles. The summed E-state index contributed by atoms with van der Waals surface area (Å²) in [5, 5.41) is 0. The van der Waals surface area contributed by atoms with Crippen molar-refractivity contribution < 1.29 is 14.3 Å². The first kappa shape index (κ1) is 13.4. The van der Waals surface area contributed by atoms with Gasteiger partial charge < -0.3 is 20.1 Å². The lowest BCUT2D eigenvalue weighted by Gasteiger charge is -2.29. The fourth-order valence-corrected chi connectivity index (χ4v) is 1.87. The maximum Gasteiger partial charge on any atom is 0.239 e. The van der Waals surface area contributed by atoms with E-state index < -0.39 is 6.04 Å². The van der Waals surface area contributed by atoms with Crippen molar-refractivity contribution >= 4 is 5.91 Å². The zero-order valence-electron chi connectivity index (χ0n) is 10.1. The van der Waals surface area contributed by atoms with Crippen LogP contribution in [0.4, 0.5) is 0 Å². The molecule has 2 N–H and O–H groups in total. The van der Waals surface area contributed by atoms with E-state index in [1.807, 2.05) is 0 Å². The second kappa shape index (κ2) is 6.83. The van der Waals surface area contributed by atoms with E-state index in [9.17, 15) is 4.79 Å². The molecule has 1 amide bonds. The normalized spacial score (nSPS) is 19.4. The average molecular weight is 230 g/mol. The third kappa shape index (κ3) is 3.73. The van der Waals surface area contributed by atoms with Gasteiger partial charge in [-0.05, 0) is 18.8 Å². The highest BCUT2D eigenvalue weighted by atomic mass is 16.5. The van der Waals surface area contributed by atoms with Gasteiger partial charge in [0.15, 0.2) is 0 Å².